The number of aliphatic hydroxyl groups excluding tert-OH is 1. The Kier molecular flexibility index (Phi) is 7.85. The lowest BCUT2D eigenvalue weighted by molar-refractivity contribution is -0.128. The number of rotatable bonds is 10. The molecule has 0 spiro atoms. The van der Waals surface area contributed by atoms with Crippen molar-refractivity contribution in [3.8, 4) is 11.5 Å². The molecular formula is C28H31N3O5. The second kappa shape index (κ2) is 11.2. The van der Waals surface area contributed by atoms with Crippen molar-refractivity contribution >= 4 is 18.2 Å². The van der Waals surface area contributed by atoms with Gasteiger partial charge in [-0.1, -0.05) is 56.3 Å². The van der Waals surface area contributed by atoms with E-state index < -0.39 is 6.35 Å². The molecule has 1 atom stereocenters. The largest absolute Gasteiger partial charge is 0.468 e. The molecule has 1 amide bonds. The molecular weight excluding hydrogens is 458 g/mol. The van der Waals surface area contributed by atoms with E-state index in [0.29, 0.717) is 53.7 Å². The highest BCUT2D eigenvalue weighted by molar-refractivity contribution is 6.03. The summed E-state index contributed by atoms with van der Waals surface area (Å²) in [5, 5.41) is 10.8. The highest BCUT2D eigenvalue weighted by atomic mass is 16.5. The molecule has 8 heteroatoms. The monoisotopic (exact) mass is 489 g/mol. The Hall–Kier alpha value is -3.91. The van der Waals surface area contributed by atoms with Crippen LogP contribution in [0.3, 0.4) is 0 Å². The Bertz CT molecular complexity index is 1220. The third-order valence-electron chi connectivity index (χ3n) is 6.27. The van der Waals surface area contributed by atoms with Gasteiger partial charge in [0.15, 0.2) is 0 Å². The minimum atomic E-state index is -1.19. The van der Waals surface area contributed by atoms with E-state index >= 15 is 0 Å². The van der Waals surface area contributed by atoms with Crippen molar-refractivity contribution in [2.45, 2.75) is 39.0 Å². The Morgan fingerprint density at radius 2 is 1.92 bits per heavy atom. The summed E-state index contributed by atoms with van der Waals surface area (Å²) in [6.07, 6.45) is 1.27. The summed E-state index contributed by atoms with van der Waals surface area (Å²) in [5.74, 6) is 1.54. The zero-order valence-electron chi connectivity index (χ0n) is 20.8. The van der Waals surface area contributed by atoms with Crippen LogP contribution in [0.4, 0.5) is 5.82 Å². The van der Waals surface area contributed by atoms with Crippen molar-refractivity contribution in [2.75, 3.05) is 25.1 Å². The van der Waals surface area contributed by atoms with Crippen molar-refractivity contribution < 1.29 is 24.2 Å². The van der Waals surface area contributed by atoms with Gasteiger partial charge in [0.05, 0.1) is 18.4 Å². The average Bonchev–Trinajstić information content (AvgIpc) is 2.88. The number of ether oxygens (including phenoxy) is 2. The first-order valence-electron chi connectivity index (χ1n) is 12.0. The molecule has 3 aromatic rings. The fourth-order valence-corrected chi connectivity index (χ4v) is 4.29. The number of nitrogens with zero attached hydrogens (tertiary/aromatic N) is 3. The SMILES string of the molecule is CC(C)c1cccc(Oc2cnc3c(c2Cc2ccccc2)C(=O)N(CCCOC=O)C(O)N3C)c1. The summed E-state index contributed by atoms with van der Waals surface area (Å²) in [6, 6.07) is 17.7. The molecule has 8 nitrogen and oxygen atoms in total. The summed E-state index contributed by atoms with van der Waals surface area (Å²) in [5.41, 5.74) is 3.24. The smallest absolute Gasteiger partial charge is 0.293 e. The van der Waals surface area contributed by atoms with Gasteiger partial charge in [-0.05, 0) is 35.6 Å². The van der Waals surface area contributed by atoms with Gasteiger partial charge in [-0.2, -0.15) is 0 Å². The van der Waals surface area contributed by atoms with E-state index in [1.165, 1.54) is 4.90 Å². The number of carbonyl (C=O) groups is 2. The summed E-state index contributed by atoms with van der Waals surface area (Å²) in [7, 11) is 1.69. The lowest BCUT2D eigenvalue weighted by Crippen LogP contribution is -2.55. The molecule has 2 heterocycles. The molecule has 1 N–H and O–H groups in total. The van der Waals surface area contributed by atoms with E-state index in [-0.39, 0.29) is 19.1 Å². The van der Waals surface area contributed by atoms with E-state index in [2.05, 4.69) is 24.9 Å². The predicted molar refractivity (Wildman–Crippen MR) is 136 cm³/mol. The van der Waals surface area contributed by atoms with Crippen molar-refractivity contribution in [3.63, 3.8) is 0 Å². The van der Waals surface area contributed by atoms with Gasteiger partial charge in [-0.15, -0.1) is 0 Å². The van der Waals surface area contributed by atoms with Gasteiger partial charge in [0.1, 0.15) is 17.3 Å². The predicted octanol–water partition coefficient (Wildman–Crippen LogP) is 4.32. The number of anilines is 1. The van der Waals surface area contributed by atoms with Crippen molar-refractivity contribution in [2.24, 2.45) is 0 Å². The second-order valence-corrected chi connectivity index (χ2v) is 9.07. The van der Waals surface area contributed by atoms with Gasteiger partial charge < -0.3 is 19.5 Å². The summed E-state index contributed by atoms with van der Waals surface area (Å²) >= 11 is 0. The van der Waals surface area contributed by atoms with Crippen LogP contribution in [0.25, 0.3) is 0 Å². The maximum atomic E-state index is 13.7. The molecule has 188 valence electrons. The summed E-state index contributed by atoms with van der Waals surface area (Å²) in [4.78, 5) is 31.7. The number of pyridine rings is 1. The molecule has 36 heavy (non-hydrogen) atoms. The van der Waals surface area contributed by atoms with Crippen molar-refractivity contribution in [1.82, 2.24) is 9.88 Å². The van der Waals surface area contributed by atoms with E-state index in [0.717, 1.165) is 11.1 Å². The minimum Gasteiger partial charge on any atom is -0.468 e. The van der Waals surface area contributed by atoms with Crippen LogP contribution in [0.2, 0.25) is 0 Å². The fraction of sp³-hybridized carbons (Fsp3) is 0.321. The van der Waals surface area contributed by atoms with Gasteiger partial charge in [0, 0.05) is 25.6 Å². The normalized spacial score (nSPS) is 15.1. The quantitative estimate of drug-likeness (QED) is 0.335. The molecule has 4 rings (SSSR count). The third-order valence-corrected chi connectivity index (χ3v) is 6.27. The molecule has 1 aromatic heterocycles. The highest BCUT2D eigenvalue weighted by Crippen LogP contribution is 2.38. The maximum absolute atomic E-state index is 13.7. The molecule has 0 bridgehead atoms. The number of hydrogen-bond acceptors (Lipinski definition) is 7. The van der Waals surface area contributed by atoms with Crippen LogP contribution < -0.4 is 9.64 Å². The van der Waals surface area contributed by atoms with Crippen LogP contribution in [0.15, 0.2) is 60.8 Å². The van der Waals surface area contributed by atoms with Gasteiger partial charge in [-0.25, -0.2) is 4.98 Å². The zero-order chi connectivity index (χ0) is 25.7. The average molecular weight is 490 g/mol. The number of benzene rings is 2. The van der Waals surface area contributed by atoms with E-state index in [9.17, 15) is 14.7 Å². The van der Waals surface area contributed by atoms with Crippen LogP contribution >= 0.6 is 0 Å². The fourth-order valence-electron chi connectivity index (χ4n) is 4.29. The summed E-state index contributed by atoms with van der Waals surface area (Å²) in [6.45, 7) is 4.98. The lowest BCUT2D eigenvalue weighted by Gasteiger charge is -2.40. The Morgan fingerprint density at radius 1 is 1.14 bits per heavy atom. The van der Waals surface area contributed by atoms with Crippen LogP contribution in [0.1, 0.15) is 53.2 Å². The van der Waals surface area contributed by atoms with E-state index in [4.69, 9.17) is 9.47 Å². The molecule has 0 radical (unpaired) electrons. The second-order valence-electron chi connectivity index (χ2n) is 9.07. The van der Waals surface area contributed by atoms with Gasteiger partial charge in [0.2, 0.25) is 6.35 Å². The Morgan fingerprint density at radius 3 is 2.64 bits per heavy atom. The van der Waals surface area contributed by atoms with Crippen LogP contribution in [-0.4, -0.2) is 53.9 Å². The molecule has 2 aromatic carbocycles. The molecule has 0 saturated heterocycles. The van der Waals surface area contributed by atoms with E-state index in [1.54, 1.807) is 18.1 Å². The molecule has 1 aliphatic rings. The first-order valence-corrected chi connectivity index (χ1v) is 12.0. The number of hydrogen-bond donors (Lipinski definition) is 1. The topological polar surface area (TPSA) is 92.2 Å². The van der Waals surface area contributed by atoms with Crippen LogP contribution in [0.5, 0.6) is 11.5 Å². The number of carbonyl (C=O) groups excluding carboxylic acids is 2. The molecule has 0 aliphatic carbocycles. The zero-order valence-corrected chi connectivity index (χ0v) is 20.8. The Labute approximate surface area is 211 Å². The number of amides is 1. The standard InChI is InChI=1S/C28H31N3O5/c1-19(2)21-11-7-12-22(16-21)36-24-17-29-26-25(23(24)15-20-9-5-4-6-10-20)27(33)31(28(34)30(26)3)13-8-14-35-18-32/h4-7,9-12,16-19,28,34H,8,13-15H2,1-3H3. The van der Waals surface area contributed by atoms with Gasteiger partial charge in [0.25, 0.3) is 12.4 Å². The third kappa shape index (κ3) is 5.33. The molecule has 1 aliphatic heterocycles. The van der Waals surface area contributed by atoms with Gasteiger partial charge >= 0.3 is 0 Å². The van der Waals surface area contributed by atoms with Gasteiger partial charge in [-0.3, -0.25) is 14.5 Å². The molecule has 0 saturated carbocycles. The minimum absolute atomic E-state index is 0.154. The lowest BCUT2D eigenvalue weighted by atomic mass is 9.97. The van der Waals surface area contributed by atoms with E-state index in [1.807, 2.05) is 48.5 Å². The van der Waals surface area contributed by atoms with Crippen LogP contribution in [0, 0.1) is 0 Å². The van der Waals surface area contributed by atoms with Crippen LogP contribution in [-0.2, 0) is 16.0 Å². The molecule has 0 fully saturated rings. The number of fused-ring (bicyclic) bond motifs is 1. The Balaban J connectivity index is 1.77. The van der Waals surface area contributed by atoms with Crippen molar-refractivity contribution in [3.05, 3.63) is 83.0 Å². The highest BCUT2D eigenvalue weighted by Gasteiger charge is 2.38. The number of aliphatic hydroxyl groups is 1. The summed E-state index contributed by atoms with van der Waals surface area (Å²) < 4.78 is 11.1. The number of aromatic nitrogens is 1. The molecule has 1 unspecified atom stereocenters. The maximum Gasteiger partial charge on any atom is 0.293 e. The first-order chi connectivity index (χ1) is 17.4. The van der Waals surface area contributed by atoms with Crippen molar-refractivity contribution in [1.29, 1.82) is 0 Å². The first kappa shape index (κ1) is 25.2.